The number of rotatable bonds is 3. The Bertz CT molecular complexity index is 471. The number of aryl methyl sites for hydroxylation is 1. The van der Waals surface area contributed by atoms with Gasteiger partial charge in [0.05, 0.1) is 5.57 Å². The summed E-state index contributed by atoms with van der Waals surface area (Å²) in [6, 6.07) is 7.57. The lowest BCUT2D eigenvalue weighted by Crippen LogP contribution is -2.19. The van der Waals surface area contributed by atoms with Crippen molar-refractivity contribution >= 4 is 17.8 Å². The summed E-state index contributed by atoms with van der Waals surface area (Å²) in [4.78, 5) is 15.8. The SMILES string of the molecule is CN=CC(C(=O)Nc1ccccc1C)=C(C)N. The zero-order valence-corrected chi connectivity index (χ0v) is 10.3. The highest BCUT2D eigenvalue weighted by molar-refractivity contribution is 6.18. The highest BCUT2D eigenvalue weighted by atomic mass is 16.1. The van der Waals surface area contributed by atoms with E-state index in [9.17, 15) is 4.79 Å². The fourth-order valence-corrected chi connectivity index (χ4v) is 1.37. The maximum Gasteiger partial charge on any atom is 0.258 e. The van der Waals surface area contributed by atoms with Crippen molar-refractivity contribution in [2.45, 2.75) is 13.8 Å². The van der Waals surface area contributed by atoms with Gasteiger partial charge in [0.1, 0.15) is 0 Å². The summed E-state index contributed by atoms with van der Waals surface area (Å²) in [5.74, 6) is -0.245. The van der Waals surface area contributed by atoms with Crippen LogP contribution in [0.5, 0.6) is 0 Å². The van der Waals surface area contributed by atoms with E-state index in [-0.39, 0.29) is 5.91 Å². The highest BCUT2D eigenvalue weighted by Crippen LogP contribution is 2.14. The Morgan fingerprint density at radius 3 is 2.59 bits per heavy atom. The Labute approximate surface area is 101 Å². The molecule has 0 aromatic heterocycles. The van der Waals surface area contributed by atoms with Gasteiger partial charge in [-0.1, -0.05) is 18.2 Å². The molecule has 0 aliphatic carbocycles. The van der Waals surface area contributed by atoms with Gasteiger partial charge in [0.2, 0.25) is 0 Å². The van der Waals surface area contributed by atoms with E-state index < -0.39 is 0 Å². The van der Waals surface area contributed by atoms with Crippen LogP contribution in [0, 0.1) is 6.92 Å². The van der Waals surface area contributed by atoms with Crippen LogP contribution in [0.1, 0.15) is 12.5 Å². The summed E-state index contributed by atoms with van der Waals surface area (Å²) in [5, 5.41) is 2.81. The number of carbonyl (C=O) groups excluding carboxylic acids is 1. The third kappa shape index (κ3) is 3.45. The second-order valence-electron chi connectivity index (χ2n) is 3.75. The molecule has 3 N–H and O–H groups in total. The first-order valence-electron chi connectivity index (χ1n) is 5.31. The summed E-state index contributed by atoms with van der Waals surface area (Å²) >= 11 is 0. The molecule has 0 unspecified atom stereocenters. The van der Waals surface area contributed by atoms with E-state index in [2.05, 4.69) is 10.3 Å². The number of hydrogen-bond donors (Lipinski definition) is 2. The van der Waals surface area contributed by atoms with Crippen LogP contribution in [0.3, 0.4) is 0 Å². The number of nitrogens with zero attached hydrogens (tertiary/aromatic N) is 1. The predicted molar refractivity (Wildman–Crippen MR) is 71.1 cm³/mol. The van der Waals surface area contributed by atoms with Crippen LogP contribution in [-0.4, -0.2) is 19.2 Å². The fourth-order valence-electron chi connectivity index (χ4n) is 1.37. The van der Waals surface area contributed by atoms with Crippen molar-refractivity contribution in [1.82, 2.24) is 0 Å². The Morgan fingerprint density at radius 2 is 2.06 bits per heavy atom. The molecule has 0 saturated heterocycles. The average molecular weight is 231 g/mol. The molecule has 0 atom stereocenters. The van der Waals surface area contributed by atoms with E-state index in [0.717, 1.165) is 11.3 Å². The maximum atomic E-state index is 12.0. The van der Waals surface area contributed by atoms with Crippen molar-refractivity contribution in [3.63, 3.8) is 0 Å². The predicted octanol–water partition coefficient (Wildman–Crippen LogP) is 1.87. The first-order valence-corrected chi connectivity index (χ1v) is 5.31. The number of nitrogens with two attached hydrogens (primary N) is 1. The number of amides is 1. The molecule has 0 aliphatic heterocycles. The number of anilines is 1. The van der Waals surface area contributed by atoms with Crippen molar-refractivity contribution < 1.29 is 4.79 Å². The number of aliphatic imine (C=N–C) groups is 1. The van der Waals surface area contributed by atoms with Crippen molar-refractivity contribution in [1.29, 1.82) is 0 Å². The van der Waals surface area contributed by atoms with E-state index in [0.29, 0.717) is 11.3 Å². The lowest BCUT2D eigenvalue weighted by molar-refractivity contribution is -0.112. The van der Waals surface area contributed by atoms with Crippen LogP contribution < -0.4 is 11.1 Å². The Balaban J connectivity index is 2.93. The van der Waals surface area contributed by atoms with Crippen LogP contribution >= 0.6 is 0 Å². The van der Waals surface area contributed by atoms with Gasteiger partial charge in [-0.25, -0.2) is 0 Å². The second-order valence-corrected chi connectivity index (χ2v) is 3.75. The maximum absolute atomic E-state index is 12.0. The zero-order chi connectivity index (χ0) is 12.8. The molecule has 0 bridgehead atoms. The van der Waals surface area contributed by atoms with E-state index in [4.69, 9.17) is 5.73 Å². The number of benzene rings is 1. The summed E-state index contributed by atoms with van der Waals surface area (Å²) in [6.07, 6.45) is 1.46. The lowest BCUT2D eigenvalue weighted by Gasteiger charge is -2.09. The van der Waals surface area contributed by atoms with Gasteiger partial charge >= 0.3 is 0 Å². The molecule has 0 fully saturated rings. The van der Waals surface area contributed by atoms with E-state index in [1.54, 1.807) is 14.0 Å². The van der Waals surface area contributed by atoms with Gasteiger partial charge in [-0.15, -0.1) is 0 Å². The van der Waals surface area contributed by atoms with Gasteiger partial charge < -0.3 is 11.1 Å². The minimum atomic E-state index is -0.245. The monoisotopic (exact) mass is 231 g/mol. The molecule has 1 aromatic rings. The molecule has 1 aromatic carbocycles. The molecule has 0 radical (unpaired) electrons. The molecule has 0 heterocycles. The van der Waals surface area contributed by atoms with Crippen LogP contribution in [0.2, 0.25) is 0 Å². The van der Waals surface area contributed by atoms with Crippen molar-refractivity contribution in [3.05, 3.63) is 41.1 Å². The summed E-state index contributed by atoms with van der Waals surface area (Å²) in [7, 11) is 1.60. The molecular formula is C13H17N3O. The van der Waals surface area contributed by atoms with Gasteiger partial charge in [0.25, 0.3) is 5.91 Å². The standard InChI is InChI=1S/C13H17N3O/c1-9-6-4-5-7-12(9)16-13(17)11(8-15-3)10(2)14/h4-8H,14H2,1-3H3,(H,16,17). The minimum absolute atomic E-state index is 0.245. The third-order valence-corrected chi connectivity index (χ3v) is 2.32. The lowest BCUT2D eigenvalue weighted by atomic mass is 10.1. The summed E-state index contributed by atoms with van der Waals surface area (Å²) in [5.41, 5.74) is 8.26. The Kier molecular flexibility index (Phi) is 4.46. The number of allylic oxidation sites excluding steroid dienone is 1. The van der Waals surface area contributed by atoms with Gasteiger partial charge in [-0.3, -0.25) is 9.79 Å². The third-order valence-electron chi connectivity index (χ3n) is 2.32. The molecule has 17 heavy (non-hydrogen) atoms. The van der Waals surface area contributed by atoms with Crippen molar-refractivity contribution in [2.24, 2.45) is 10.7 Å². The number of para-hydroxylation sites is 1. The smallest absolute Gasteiger partial charge is 0.258 e. The first kappa shape index (κ1) is 13.0. The fraction of sp³-hybridized carbons (Fsp3) is 0.231. The Hall–Kier alpha value is -2.10. The zero-order valence-electron chi connectivity index (χ0n) is 10.3. The molecule has 0 spiro atoms. The van der Waals surface area contributed by atoms with Gasteiger partial charge in [-0.2, -0.15) is 0 Å². The van der Waals surface area contributed by atoms with Crippen molar-refractivity contribution in [2.75, 3.05) is 12.4 Å². The summed E-state index contributed by atoms with van der Waals surface area (Å²) < 4.78 is 0. The quantitative estimate of drug-likeness (QED) is 0.616. The molecule has 1 amide bonds. The average Bonchev–Trinajstić information content (AvgIpc) is 2.28. The molecule has 1 rings (SSSR count). The second kappa shape index (κ2) is 5.84. The topological polar surface area (TPSA) is 67.5 Å². The van der Waals surface area contributed by atoms with E-state index >= 15 is 0 Å². The van der Waals surface area contributed by atoms with E-state index in [1.807, 2.05) is 31.2 Å². The summed E-state index contributed by atoms with van der Waals surface area (Å²) in [6.45, 7) is 3.61. The van der Waals surface area contributed by atoms with Crippen LogP contribution in [0.25, 0.3) is 0 Å². The molecule has 4 heteroatoms. The van der Waals surface area contributed by atoms with E-state index in [1.165, 1.54) is 6.21 Å². The van der Waals surface area contributed by atoms with Gasteiger partial charge in [-0.05, 0) is 25.5 Å². The normalized spacial score (nSPS) is 12.4. The molecule has 0 saturated carbocycles. The minimum Gasteiger partial charge on any atom is -0.402 e. The number of nitrogens with one attached hydrogen (secondary N) is 1. The molecule has 4 nitrogen and oxygen atoms in total. The highest BCUT2D eigenvalue weighted by Gasteiger charge is 2.10. The van der Waals surface area contributed by atoms with Crippen molar-refractivity contribution in [3.8, 4) is 0 Å². The first-order chi connectivity index (χ1) is 8.06. The van der Waals surface area contributed by atoms with Crippen LogP contribution in [0.4, 0.5) is 5.69 Å². The van der Waals surface area contributed by atoms with Gasteiger partial charge in [0, 0.05) is 24.6 Å². The largest absolute Gasteiger partial charge is 0.402 e. The number of carbonyl (C=O) groups is 1. The molecule has 0 aliphatic rings. The molecule has 90 valence electrons. The Morgan fingerprint density at radius 1 is 1.41 bits per heavy atom. The van der Waals surface area contributed by atoms with Crippen LogP contribution in [0.15, 0.2) is 40.5 Å². The van der Waals surface area contributed by atoms with Crippen LogP contribution in [-0.2, 0) is 4.79 Å². The van der Waals surface area contributed by atoms with Gasteiger partial charge in [0.15, 0.2) is 0 Å². The number of hydrogen-bond acceptors (Lipinski definition) is 3. The molecular weight excluding hydrogens is 214 g/mol.